The Hall–Kier alpha value is -3.76. The first-order chi connectivity index (χ1) is 19.4. The molecule has 0 aromatic heterocycles. The third-order valence-corrected chi connectivity index (χ3v) is 7.17. The Kier molecular flexibility index (Phi) is 8.56. The molecule has 2 aromatic carbocycles. The fraction of sp³-hybridized carbons (Fsp3) is 0.407. The lowest BCUT2D eigenvalue weighted by molar-refractivity contribution is -0.422. The highest BCUT2D eigenvalue weighted by Crippen LogP contribution is 2.47. The quantitative estimate of drug-likeness (QED) is 0.126. The summed E-state index contributed by atoms with van der Waals surface area (Å²) < 4.78 is 10.4. The molecule has 1 saturated heterocycles. The minimum Gasteiger partial charge on any atom is -0.508 e. The molecule has 222 valence electrons. The van der Waals surface area contributed by atoms with E-state index in [1.807, 2.05) is 0 Å². The Morgan fingerprint density at radius 1 is 1.07 bits per heavy atom. The molecule has 0 radical (unpaired) electrons. The number of phenolic OH excluding ortho intramolecular Hbond substituents is 2. The number of benzene rings is 2. The Balaban J connectivity index is 1.76. The van der Waals surface area contributed by atoms with E-state index < -0.39 is 65.9 Å². The van der Waals surface area contributed by atoms with Crippen LogP contribution in [0.1, 0.15) is 24.0 Å². The van der Waals surface area contributed by atoms with Crippen molar-refractivity contribution in [3.63, 3.8) is 0 Å². The maximum absolute atomic E-state index is 13.6. The lowest BCUT2D eigenvalue weighted by atomic mass is 9.88. The van der Waals surface area contributed by atoms with E-state index in [1.54, 1.807) is 0 Å². The van der Waals surface area contributed by atoms with Crippen LogP contribution in [0.15, 0.2) is 42.5 Å². The second-order valence-corrected chi connectivity index (χ2v) is 9.89. The van der Waals surface area contributed by atoms with Gasteiger partial charge in [0.25, 0.3) is 5.91 Å². The van der Waals surface area contributed by atoms with E-state index in [1.165, 1.54) is 30.3 Å². The average molecular weight is 578 g/mol. The van der Waals surface area contributed by atoms with Crippen LogP contribution in [0.25, 0.3) is 6.08 Å². The number of ether oxygens (including phenoxy) is 2. The van der Waals surface area contributed by atoms with Crippen LogP contribution in [0.3, 0.4) is 0 Å². The molecule has 0 unspecified atom stereocenters. The predicted molar refractivity (Wildman–Crippen MR) is 139 cm³/mol. The number of amides is 1. The smallest absolute Gasteiger partial charge is 0.355 e. The molecule has 4 rings (SSSR count). The van der Waals surface area contributed by atoms with Crippen molar-refractivity contribution in [1.29, 1.82) is 0 Å². The van der Waals surface area contributed by atoms with Crippen molar-refractivity contribution in [2.75, 3.05) is 18.1 Å². The first kappa shape index (κ1) is 30.2. The monoisotopic (exact) mass is 577 g/mol. The number of aliphatic hydroxyl groups excluding tert-OH is 5. The number of fused-ring (bicyclic) bond motifs is 1. The first-order valence-electron chi connectivity index (χ1n) is 12.6. The van der Waals surface area contributed by atoms with Gasteiger partial charge in [0.1, 0.15) is 29.6 Å². The second kappa shape index (κ2) is 11.6. The Morgan fingerprint density at radius 2 is 1.76 bits per heavy atom. The molecule has 14 nitrogen and oxygen atoms in total. The van der Waals surface area contributed by atoms with E-state index in [4.69, 9.17) is 9.47 Å². The van der Waals surface area contributed by atoms with Crippen LogP contribution in [-0.2, 0) is 20.7 Å². The highest BCUT2D eigenvalue weighted by molar-refractivity contribution is 6.11. The van der Waals surface area contributed by atoms with Crippen molar-refractivity contribution in [2.45, 2.75) is 55.2 Å². The zero-order valence-corrected chi connectivity index (χ0v) is 21.6. The highest BCUT2D eigenvalue weighted by atomic mass is 16.8. The Labute approximate surface area is 233 Å². The molecule has 9 N–H and O–H groups in total. The van der Waals surface area contributed by atoms with E-state index in [0.29, 0.717) is 5.56 Å². The van der Waals surface area contributed by atoms with E-state index in [2.05, 4.69) is 0 Å². The molecule has 2 heterocycles. The number of carbonyl (C=O) groups excluding carboxylic acids is 1. The molecule has 0 aliphatic carbocycles. The van der Waals surface area contributed by atoms with Crippen LogP contribution in [0.5, 0.6) is 17.2 Å². The lowest BCUT2D eigenvalue weighted by Gasteiger charge is -2.44. The third kappa shape index (κ3) is 5.58. The molecule has 41 heavy (non-hydrogen) atoms. The zero-order valence-electron chi connectivity index (χ0n) is 21.6. The number of rotatable bonds is 9. The van der Waals surface area contributed by atoms with Crippen LogP contribution in [0.4, 0.5) is 5.69 Å². The van der Waals surface area contributed by atoms with Crippen molar-refractivity contribution in [1.82, 2.24) is 0 Å². The number of aliphatic hydroxyl groups is 6. The number of hydrogen-bond donors (Lipinski definition) is 9. The number of nitrogens with zero attached hydrogens (tertiary/aromatic N) is 1. The number of carbonyl (C=O) groups is 2. The molecule has 6 atom stereocenters. The fourth-order valence-electron chi connectivity index (χ4n) is 5.03. The number of phenols is 2. The summed E-state index contributed by atoms with van der Waals surface area (Å²) in [7, 11) is 0. The molecule has 2 aromatic rings. The van der Waals surface area contributed by atoms with Crippen LogP contribution in [0, 0.1) is 0 Å². The van der Waals surface area contributed by atoms with Gasteiger partial charge in [-0.05, 0) is 48.2 Å². The molecule has 2 aliphatic heterocycles. The van der Waals surface area contributed by atoms with Crippen LogP contribution >= 0.6 is 0 Å². The maximum atomic E-state index is 13.6. The number of carboxylic acids is 1. The standard InChI is InChI=1S/C27H31NO13/c29-9-1-8-26(25(37)38)12-15-10-18(32)19(40-27(39)24(36)23(35)22(34)20(13-30)41-27)11-17(15)28(26)21(33)7-4-14-2-5-16(31)6-3-14/h2-7,10-11,20,22-24,29-32,34-36,39H,1,8-9,12-13H2,(H,37,38)/b7-4+/t20-,22-,23+,24-,26-,27+/m1/s1. The number of hydrogen-bond acceptors (Lipinski definition) is 12. The van der Waals surface area contributed by atoms with Crippen LogP contribution < -0.4 is 9.64 Å². The molecule has 0 spiro atoms. The molecule has 1 fully saturated rings. The predicted octanol–water partition coefficient (Wildman–Crippen LogP) is -1.21. The fourth-order valence-corrected chi connectivity index (χ4v) is 5.03. The van der Waals surface area contributed by atoms with Gasteiger partial charge in [-0.2, -0.15) is 0 Å². The van der Waals surface area contributed by atoms with Gasteiger partial charge in [0.2, 0.25) is 0 Å². The summed E-state index contributed by atoms with van der Waals surface area (Å²) in [5.41, 5.74) is -1.19. The van der Waals surface area contributed by atoms with Gasteiger partial charge < -0.3 is 55.4 Å². The van der Waals surface area contributed by atoms with Crippen molar-refractivity contribution >= 4 is 23.6 Å². The molecular formula is C27H31NO13. The van der Waals surface area contributed by atoms with Crippen molar-refractivity contribution < 1.29 is 65.0 Å². The highest BCUT2D eigenvalue weighted by Gasteiger charge is 2.56. The minimum atomic E-state index is -3.08. The van der Waals surface area contributed by atoms with Crippen molar-refractivity contribution in [3.05, 3.63) is 53.6 Å². The molecule has 2 aliphatic rings. The van der Waals surface area contributed by atoms with Gasteiger partial charge in [-0.25, -0.2) is 4.79 Å². The summed E-state index contributed by atoms with van der Waals surface area (Å²) in [6, 6.07) is 7.99. The number of aliphatic carboxylic acids is 1. The van der Waals surface area contributed by atoms with Crippen molar-refractivity contribution in [3.8, 4) is 17.2 Å². The van der Waals surface area contributed by atoms with Gasteiger partial charge in [0.15, 0.2) is 17.6 Å². The summed E-state index contributed by atoms with van der Waals surface area (Å²) >= 11 is 0. The molecule has 0 saturated carbocycles. The van der Waals surface area contributed by atoms with Crippen LogP contribution in [-0.4, -0.2) is 107 Å². The van der Waals surface area contributed by atoms with Crippen molar-refractivity contribution in [2.24, 2.45) is 0 Å². The average Bonchev–Trinajstić information content (AvgIpc) is 3.26. The first-order valence-corrected chi connectivity index (χ1v) is 12.6. The second-order valence-electron chi connectivity index (χ2n) is 9.89. The van der Waals surface area contributed by atoms with Crippen LogP contribution in [0.2, 0.25) is 0 Å². The molecule has 1 amide bonds. The van der Waals surface area contributed by atoms with E-state index in [-0.39, 0.29) is 42.9 Å². The number of anilines is 1. The Bertz CT molecular complexity index is 1310. The molecular weight excluding hydrogens is 546 g/mol. The topological polar surface area (TPSA) is 238 Å². The van der Waals surface area contributed by atoms with E-state index in [9.17, 15) is 55.5 Å². The van der Waals surface area contributed by atoms with Gasteiger partial charge in [-0.15, -0.1) is 0 Å². The van der Waals surface area contributed by atoms with Gasteiger partial charge in [0, 0.05) is 25.2 Å². The molecule has 14 heteroatoms. The maximum Gasteiger partial charge on any atom is 0.355 e. The van der Waals surface area contributed by atoms with E-state index in [0.717, 1.165) is 23.1 Å². The zero-order chi connectivity index (χ0) is 30.1. The van der Waals surface area contributed by atoms with Gasteiger partial charge in [-0.3, -0.25) is 9.69 Å². The normalized spacial score (nSPS) is 29.5. The third-order valence-electron chi connectivity index (χ3n) is 7.17. The van der Waals surface area contributed by atoms with Gasteiger partial charge in [0.05, 0.1) is 12.3 Å². The summed E-state index contributed by atoms with van der Waals surface area (Å²) in [4.78, 5) is 27.2. The summed E-state index contributed by atoms with van der Waals surface area (Å²) in [5.74, 6) is -6.49. The Morgan fingerprint density at radius 3 is 2.37 bits per heavy atom. The summed E-state index contributed by atoms with van der Waals surface area (Å²) in [6.07, 6.45) is -5.58. The number of aromatic hydroxyl groups is 2. The van der Waals surface area contributed by atoms with Gasteiger partial charge in [-0.1, -0.05) is 12.1 Å². The summed E-state index contributed by atoms with van der Waals surface area (Å²) in [5, 5.41) is 90.6. The SMILES string of the molecule is O=C(/C=C/c1ccc(O)cc1)N1c2cc(O[C@]3(O)O[C@H](CO)[C@@H](O)[C@H](O)[C@H]3O)c(O)cc2C[C@]1(CCCO)C(=O)O. The summed E-state index contributed by atoms with van der Waals surface area (Å²) in [6.45, 7) is -1.24. The van der Waals surface area contributed by atoms with E-state index >= 15 is 0 Å². The minimum absolute atomic E-state index is 0.00392. The van der Waals surface area contributed by atoms with Gasteiger partial charge >= 0.3 is 11.9 Å². The largest absolute Gasteiger partial charge is 0.508 e. The number of carboxylic acid groups (broad SMARTS) is 1. The lowest BCUT2D eigenvalue weighted by Crippen LogP contribution is -2.67. The molecule has 0 bridgehead atoms.